The lowest BCUT2D eigenvalue weighted by Gasteiger charge is -2.06. The molecule has 0 spiro atoms. The summed E-state index contributed by atoms with van der Waals surface area (Å²) in [4.78, 5) is 4.16. The van der Waals surface area contributed by atoms with Gasteiger partial charge in [-0.1, -0.05) is 17.3 Å². The third-order valence-corrected chi connectivity index (χ3v) is 4.66. The number of rotatable bonds is 5. The third kappa shape index (κ3) is 4.64. The molecule has 0 unspecified atom stereocenters. The maximum absolute atomic E-state index is 12.8. The summed E-state index contributed by atoms with van der Waals surface area (Å²) < 4.78 is 71.5. The van der Waals surface area contributed by atoms with Crippen molar-refractivity contribution in [3.63, 3.8) is 0 Å². The SMILES string of the molecule is CS(=O)(=O)c1ccc(OCc2nc(-c3cccc(C(F)(F)F)c3)no2)cc1. The van der Waals surface area contributed by atoms with Crippen molar-refractivity contribution in [1.29, 1.82) is 0 Å². The topological polar surface area (TPSA) is 82.3 Å². The Hall–Kier alpha value is -2.88. The van der Waals surface area contributed by atoms with Gasteiger partial charge in [0.2, 0.25) is 5.82 Å². The first-order valence-corrected chi connectivity index (χ1v) is 9.45. The van der Waals surface area contributed by atoms with Gasteiger partial charge >= 0.3 is 6.18 Å². The van der Waals surface area contributed by atoms with Crippen LogP contribution < -0.4 is 4.74 Å². The number of halogens is 3. The highest BCUT2D eigenvalue weighted by molar-refractivity contribution is 7.90. The Morgan fingerprint density at radius 3 is 2.44 bits per heavy atom. The minimum Gasteiger partial charge on any atom is -0.484 e. The fourth-order valence-corrected chi connectivity index (χ4v) is 2.82. The van der Waals surface area contributed by atoms with Crippen LogP contribution >= 0.6 is 0 Å². The molecular weight excluding hydrogens is 385 g/mol. The van der Waals surface area contributed by atoms with E-state index in [4.69, 9.17) is 9.26 Å². The molecule has 0 N–H and O–H groups in total. The van der Waals surface area contributed by atoms with Gasteiger partial charge in [-0.3, -0.25) is 0 Å². The number of ether oxygens (including phenoxy) is 1. The van der Waals surface area contributed by atoms with E-state index in [0.29, 0.717) is 5.75 Å². The molecule has 142 valence electrons. The molecule has 0 radical (unpaired) electrons. The van der Waals surface area contributed by atoms with Crippen LogP contribution in [0.5, 0.6) is 5.75 Å². The van der Waals surface area contributed by atoms with Crippen molar-refractivity contribution in [2.24, 2.45) is 0 Å². The Bertz CT molecular complexity index is 1040. The Morgan fingerprint density at radius 1 is 1.11 bits per heavy atom. The summed E-state index contributed by atoms with van der Waals surface area (Å²) in [5.41, 5.74) is -0.647. The maximum Gasteiger partial charge on any atom is 0.416 e. The zero-order valence-electron chi connectivity index (χ0n) is 13.9. The standard InChI is InChI=1S/C17H13F3N2O4S/c1-27(23,24)14-7-5-13(6-8-14)25-10-15-21-16(22-26-15)11-3-2-4-12(9-11)17(18,19)20/h2-9H,10H2,1H3. The molecule has 27 heavy (non-hydrogen) atoms. The van der Waals surface area contributed by atoms with E-state index in [2.05, 4.69) is 10.1 Å². The van der Waals surface area contributed by atoms with Crippen LogP contribution in [0.25, 0.3) is 11.4 Å². The van der Waals surface area contributed by atoms with E-state index in [1.165, 1.54) is 36.4 Å². The molecule has 0 saturated heterocycles. The van der Waals surface area contributed by atoms with Gasteiger partial charge in [-0.2, -0.15) is 18.2 Å². The average molecular weight is 398 g/mol. The first-order chi connectivity index (χ1) is 12.6. The first-order valence-electron chi connectivity index (χ1n) is 7.56. The largest absolute Gasteiger partial charge is 0.484 e. The molecule has 10 heteroatoms. The molecule has 1 heterocycles. The summed E-state index contributed by atoms with van der Waals surface area (Å²) in [5, 5.41) is 3.66. The molecule has 0 aliphatic heterocycles. The summed E-state index contributed by atoms with van der Waals surface area (Å²) in [6.07, 6.45) is -3.37. The number of sulfone groups is 1. The van der Waals surface area contributed by atoms with Gasteiger partial charge in [0.1, 0.15) is 5.75 Å². The highest BCUT2D eigenvalue weighted by atomic mass is 32.2. The fourth-order valence-electron chi connectivity index (χ4n) is 2.19. The van der Waals surface area contributed by atoms with Crippen molar-refractivity contribution in [3.8, 4) is 17.1 Å². The normalized spacial score (nSPS) is 12.1. The second kappa shape index (κ2) is 7.03. The van der Waals surface area contributed by atoms with Gasteiger partial charge < -0.3 is 9.26 Å². The zero-order chi connectivity index (χ0) is 19.7. The molecule has 0 fully saturated rings. The predicted octanol–water partition coefficient (Wildman–Crippen LogP) is 3.74. The minimum absolute atomic E-state index is 0.00660. The number of benzene rings is 2. The summed E-state index contributed by atoms with van der Waals surface area (Å²) >= 11 is 0. The maximum atomic E-state index is 12.8. The molecule has 0 bridgehead atoms. The van der Waals surface area contributed by atoms with Crippen molar-refractivity contribution in [3.05, 3.63) is 60.0 Å². The van der Waals surface area contributed by atoms with Crippen LogP contribution in [0.3, 0.4) is 0 Å². The van der Waals surface area contributed by atoms with Crippen LogP contribution in [0.4, 0.5) is 13.2 Å². The molecule has 0 atom stereocenters. The van der Waals surface area contributed by atoms with Gasteiger partial charge in [-0.15, -0.1) is 0 Å². The van der Waals surface area contributed by atoms with Crippen molar-refractivity contribution in [1.82, 2.24) is 10.1 Å². The first kappa shape index (κ1) is 18.9. The minimum atomic E-state index is -4.47. The number of nitrogens with zero attached hydrogens (tertiary/aromatic N) is 2. The van der Waals surface area contributed by atoms with E-state index in [0.717, 1.165) is 18.4 Å². The molecule has 0 aliphatic carbocycles. The smallest absolute Gasteiger partial charge is 0.416 e. The van der Waals surface area contributed by atoms with E-state index in [1.807, 2.05) is 0 Å². The Morgan fingerprint density at radius 2 is 1.81 bits per heavy atom. The molecule has 0 saturated carbocycles. The van der Waals surface area contributed by atoms with Crippen LogP contribution in [0.15, 0.2) is 57.9 Å². The Balaban J connectivity index is 1.70. The summed E-state index contributed by atoms with van der Waals surface area (Å²) in [7, 11) is -3.30. The molecule has 1 aromatic heterocycles. The Kier molecular flexibility index (Phi) is 4.92. The van der Waals surface area contributed by atoms with E-state index < -0.39 is 21.6 Å². The monoisotopic (exact) mass is 398 g/mol. The second-order valence-electron chi connectivity index (χ2n) is 5.62. The van der Waals surface area contributed by atoms with Crippen molar-refractivity contribution < 1.29 is 30.8 Å². The van der Waals surface area contributed by atoms with Crippen LogP contribution in [0, 0.1) is 0 Å². The lowest BCUT2D eigenvalue weighted by Crippen LogP contribution is -2.04. The third-order valence-electron chi connectivity index (χ3n) is 3.53. The molecule has 3 aromatic rings. The summed E-state index contributed by atoms with van der Waals surface area (Å²) in [6.45, 7) is -0.121. The van der Waals surface area contributed by atoms with Crippen molar-refractivity contribution >= 4 is 9.84 Å². The predicted molar refractivity (Wildman–Crippen MR) is 88.6 cm³/mol. The summed E-state index contributed by atoms with van der Waals surface area (Å²) in [5.74, 6) is 0.447. The molecule has 0 aliphatic rings. The average Bonchev–Trinajstić information content (AvgIpc) is 3.08. The quantitative estimate of drug-likeness (QED) is 0.651. The number of alkyl halides is 3. The number of hydrogen-bond acceptors (Lipinski definition) is 6. The lowest BCUT2D eigenvalue weighted by molar-refractivity contribution is -0.137. The number of aromatic nitrogens is 2. The van der Waals surface area contributed by atoms with Gasteiger partial charge in [0, 0.05) is 11.8 Å². The van der Waals surface area contributed by atoms with Gasteiger partial charge in [-0.05, 0) is 36.4 Å². The van der Waals surface area contributed by atoms with Gasteiger partial charge in [0.05, 0.1) is 10.5 Å². The molecular formula is C17H13F3N2O4S. The van der Waals surface area contributed by atoms with Crippen molar-refractivity contribution in [2.45, 2.75) is 17.7 Å². The van der Waals surface area contributed by atoms with E-state index in [9.17, 15) is 21.6 Å². The number of hydrogen-bond donors (Lipinski definition) is 0. The fraction of sp³-hybridized carbons (Fsp3) is 0.176. The molecule has 2 aromatic carbocycles. The van der Waals surface area contributed by atoms with Crippen LogP contribution in [0.1, 0.15) is 11.5 Å². The van der Waals surface area contributed by atoms with Gasteiger partial charge in [-0.25, -0.2) is 8.42 Å². The van der Waals surface area contributed by atoms with Crippen LogP contribution in [-0.4, -0.2) is 24.8 Å². The van der Waals surface area contributed by atoms with E-state index in [1.54, 1.807) is 0 Å². The molecule has 3 rings (SSSR count). The Labute approximate surface area is 152 Å². The highest BCUT2D eigenvalue weighted by Crippen LogP contribution is 2.31. The molecule has 6 nitrogen and oxygen atoms in total. The van der Waals surface area contributed by atoms with Gasteiger partial charge in [0.25, 0.3) is 5.89 Å². The van der Waals surface area contributed by atoms with Crippen LogP contribution in [-0.2, 0) is 22.6 Å². The zero-order valence-corrected chi connectivity index (χ0v) is 14.7. The summed E-state index contributed by atoms with van der Waals surface area (Å²) in [6, 6.07) is 10.3. The second-order valence-corrected chi connectivity index (χ2v) is 7.64. The van der Waals surface area contributed by atoms with E-state index >= 15 is 0 Å². The van der Waals surface area contributed by atoms with E-state index in [-0.39, 0.29) is 28.8 Å². The lowest BCUT2D eigenvalue weighted by atomic mass is 10.1. The molecule has 0 amide bonds. The van der Waals surface area contributed by atoms with Crippen LogP contribution in [0.2, 0.25) is 0 Å². The van der Waals surface area contributed by atoms with Gasteiger partial charge in [0.15, 0.2) is 16.4 Å². The highest BCUT2D eigenvalue weighted by Gasteiger charge is 2.30. The van der Waals surface area contributed by atoms with Crippen molar-refractivity contribution in [2.75, 3.05) is 6.26 Å².